The smallest absolute Gasteiger partial charge is 0.246 e. The Bertz CT molecular complexity index is 865. The fourth-order valence-corrected chi connectivity index (χ4v) is 2.81. The molecule has 1 aromatic carbocycles. The van der Waals surface area contributed by atoms with Crippen LogP contribution in [0.15, 0.2) is 67.1 Å². The molecule has 0 bridgehead atoms. The Balaban J connectivity index is 1.74. The monoisotopic (exact) mass is 316 g/mol. The first-order chi connectivity index (χ1) is 11.8. The van der Waals surface area contributed by atoms with E-state index in [9.17, 15) is 4.79 Å². The first-order valence-corrected chi connectivity index (χ1v) is 7.80. The van der Waals surface area contributed by atoms with Gasteiger partial charge >= 0.3 is 0 Å². The molecule has 5 nitrogen and oxygen atoms in total. The molecule has 118 valence electrons. The van der Waals surface area contributed by atoms with E-state index in [2.05, 4.69) is 15.3 Å². The summed E-state index contributed by atoms with van der Waals surface area (Å²) in [4.78, 5) is 22.9. The van der Waals surface area contributed by atoms with Crippen molar-refractivity contribution in [1.29, 1.82) is 0 Å². The van der Waals surface area contributed by atoms with Gasteiger partial charge in [-0.15, -0.1) is 0 Å². The third-order valence-electron chi connectivity index (χ3n) is 4.04. The van der Waals surface area contributed by atoms with Crippen molar-refractivity contribution in [2.24, 2.45) is 0 Å². The first kappa shape index (κ1) is 14.4. The Morgan fingerprint density at radius 3 is 2.71 bits per heavy atom. The minimum Gasteiger partial charge on any atom is -0.359 e. The second-order valence-corrected chi connectivity index (χ2v) is 5.65. The predicted octanol–water partition coefficient (Wildman–Crippen LogP) is 3.10. The summed E-state index contributed by atoms with van der Waals surface area (Å²) in [5.74, 6) is 0.773. The third-order valence-corrected chi connectivity index (χ3v) is 4.04. The van der Waals surface area contributed by atoms with E-state index in [-0.39, 0.29) is 12.5 Å². The van der Waals surface area contributed by atoms with E-state index in [1.807, 2.05) is 48.5 Å². The van der Waals surface area contributed by atoms with Gasteiger partial charge in [-0.05, 0) is 17.7 Å². The van der Waals surface area contributed by atoms with Crippen LogP contribution in [0.2, 0.25) is 0 Å². The van der Waals surface area contributed by atoms with Gasteiger partial charge in [-0.3, -0.25) is 9.78 Å². The van der Waals surface area contributed by atoms with E-state index in [1.54, 1.807) is 23.5 Å². The predicted molar refractivity (Wildman–Crippen MR) is 93.6 cm³/mol. The van der Waals surface area contributed by atoms with Crippen LogP contribution in [0.3, 0.4) is 0 Å². The average molecular weight is 316 g/mol. The van der Waals surface area contributed by atoms with Gasteiger partial charge in [0.15, 0.2) is 5.82 Å². The van der Waals surface area contributed by atoms with E-state index >= 15 is 0 Å². The average Bonchev–Trinajstić information content (AvgIpc) is 2.65. The number of aromatic nitrogens is 2. The zero-order valence-electron chi connectivity index (χ0n) is 13.0. The molecule has 5 heteroatoms. The second kappa shape index (κ2) is 6.12. The largest absolute Gasteiger partial charge is 0.359 e. The summed E-state index contributed by atoms with van der Waals surface area (Å²) in [5, 5.41) is 3.09. The van der Waals surface area contributed by atoms with Gasteiger partial charge in [-0.1, -0.05) is 36.4 Å². The molecule has 1 N–H and O–H groups in total. The lowest BCUT2D eigenvalue weighted by atomic mass is 10.1. The van der Waals surface area contributed by atoms with E-state index in [0.29, 0.717) is 6.54 Å². The number of fused-ring (bicyclic) bond motifs is 1. The number of anilines is 2. The molecular weight excluding hydrogens is 300 g/mol. The van der Waals surface area contributed by atoms with Crippen molar-refractivity contribution in [3.05, 3.63) is 72.7 Å². The first-order valence-electron chi connectivity index (χ1n) is 7.80. The highest BCUT2D eigenvalue weighted by Crippen LogP contribution is 2.32. The van der Waals surface area contributed by atoms with E-state index in [4.69, 9.17) is 0 Å². The van der Waals surface area contributed by atoms with Crippen LogP contribution in [0, 0.1) is 0 Å². The van der Waals surface area contributed by atoms with Crippen molar-refractivity contribution in [3.8, 4) is 11.1 Å². The van der Waals surface area contributed by atoms with Crippen molar-refractivity contribution >= 4 is 17.4 Å². The molecular formula is C19H16N4O. The highest BCUT2D eigenvalue weighted by molar-refractivity contribution is 6.02. The molecule has 1 aliphatic heterocycles. The van der Waals surface area contributed by atoms with Gasteiger partial charge in [-0.2, -0.15) is 0 Å². The number of amides is 1. The topological polar surface area (TPSA) is 58.1 Å². The normalized spacial score (nSPS) is 13.3. The lowest BCUT2D eigenvalue weighted by Gasteiger charge is -2.30. The van der Waals surface area contributed by atoms with Crippen molar-refractivity contribution in [2.75, 3.05) is 16.8 Å². The van der Waals surface area contributed by atoms with Crippen molar-refractivity contribution < 1.29 is 4.79 Å². The van der Waals surface area contributed by atoms with Crippen molar-refractivity contribution in [2.45, 2.75) is 6.54 Å². The molecule has 0 radical (unpaired) electrons. The zero-order valence-corrected chi connectivity index (χ0v) is 13.0. The van der Waals surface area contributed by atoms with Gasteiger partial charge in [-0.25, -0.2) is 4.98 Å². The molecule has 0 spiro atoms. The fraction of sp³-hybridized carbons (Fsp3) is 0.105. The SMILES string of the molecule is O=C1CNc2ncc(-c3cccnc3)cc2N1Cc1ccccc1. The summed E-state index contributed by atoms with van der Waals surface area (Å²) >= 11 is 0. The van der Waals surface area contributed by atoms with Crippen LogP contribution < -0.4 is 10.2 Å². The maximum absolute atomic E-state index is 12.4. The quantitative estimate of drug-likeness (QED) is 0.806. The van der Waals surface area contributed by atoms with Gasteiger partial charge in [0.25, 0.3) is 0 Å². The summed E-state index contributed by atoms with van der Waals surface area (Å²) in [7, 11) is 0. The van der Waals surface area contributed by atoms with Crippen LogP contribution in [-0.2, 0) is 11.3 Å². The molecule has 1 amide bonds. The molecule has 4 rings (SSSR count). The minimum atomic E-state index is 0.0384. The Kier molecular flexibility index (Phi) is 3.67. The van der Waals surface area contributed by atoms with E-state index < -0.39 is 0 Å². The molecule has 24 heavy (non-hydrogen) atoms. The molecule has 2 aromatic heterocycles. The summed E-state index contributed by atoms with van der Waals surface area (Å²) in [6.07, 6.45) is 5.34. The number of rotatable bonds is 3. The molecule has 0 atom stereocenters. The minimum absolute atomic E-state index is 0.0384. The number of nitrogens with zero attached hydrogens (tertiary/aromatic N) is 3. The Labute approximate surface area is 140 Å². The van der Waals surface area contributed by atoms with Crippen molar-refractivity contribution in [3.63, 3.8) is 0 Å². The highest BCUT2D eigenvalue weighted by Gasteiger charge is 2.25. The molecule has 3 aromatic rings. The standard InChI is InChI=1S/C19H16N4O/c24-18-12-22-19-17(23(18)13-14-5-2-1-3-6-14)9-16(11-21-19)15-7-4-8-20-10-15/h1-11H,12-13H2,(H,21,22). The van der Waals surface area contributed by atoms with Crippen LogP contribution in [0.25, 0.3) is 11.1 Å². The van der Waals surface area contributed by atoms with Crippen LogP contribution in [0.1, 0.15) is 5.56 Å². The second-order valence-electron chi connectivity index (χ2n) is 5.65. The number of benzene rings is 1. The van der Waals surface area contributed by atoms with Crippen LogP contribution >= 0.6 is 0 Å². The maximum Gasteiger partial charge on any atom is 0.246 e. The Morgan fingerprint density at radius 1 is 1.04 bits per heavy atom. The maximum atomic E-state index is 12.4. The summed E-state index contributed by atoms with van der Waals surface area (Å²) < 4.78 is 0. The van der Waals surface area contributed by atoms with Gasteiger partial charge < -0.3 is 10.2 Å². The molecule has 0 unspecified atom stereocenters. The highest BCUT2D eigenvalue weighted by atomic mass is 16.2. The molecule has 0 saturated carbocycles. The summed E-state index contributed by atoms with van der Waals surface area (Å²) in [5.41, 5.74) is 3.81. The molecule has 0 fully saturated rings. The van der Waals surface area contributed by atoms with Gasteiger partial charge in [0, 0.05) is 29.7 Å². The van der Waals surface area contributed by atoms with Crippen molar-refractivity contribution in [1.82, 2.24) is 9.97 Å². The number of pyridine rings is 2. The van der Waals surface area contributed by atoms with E-state index in [0.717, 1.165) is 28.2 Å². The Morgan fingerprint density at radius 2 is 1.92 bits per heavy atom. The molecule has 1 aliphatic rings. The van der Waals surface area contributed by atoms with E-state index in [1.165, 1.54) is 0 Å². The van der Waals surface area contributed by atoms with Gasteiger partial charge in [0.2, 0.25) is 5.91 Å². The molecule has 0 aliphatic carbocycles. The summed E-state index contributed by atoms with van der Waals surface area (Å²) in [6.45, 7) is 0.797. The van der Waals surface area contributed by atoms with Gasteiger partial charge in [0.05, 0.1) is 18.8 Å². The number of hydrogen-bond acceptors (Lipinski definition) is 4. The fourth-order valence-electron chi connectivity index (χ4n) is 2.81. The Hall–Kier alpha value is -3.21. The van der Waals surface area contributed by atoms with Crippen LogP contribution in [-0.4, -0.2) is 22.4 Å². The third kappa shape index (κ3) is 2.72. The number of carbonyl (C=O) groups excluding carboxylic acids is 1. The lowest BCUT2D eigenvalue weighted by Crippen LogP contribution is -2.39. The zero-order chi connectivity index (χ0) is 16.4. The summed E-state index contributed by atoms with van der Waals surface area (Å²) in [6, 6.07) is 15.8. The van der Waals surface area contributed by atoms with Crippen LogP contribution in [0.5, 0.6) is 0 Å². The van der Waals surface area contributed by atoms with Crippen LogP contribution in [0.4, 0.5) is 11.5 Å². The number of hydrogen-bond donors (Lipinski definition) is 1. The molecule has 3 heterocycles. The van der Waals surface area contributed by atoms with Gasteiger partial charge in [0.1, 0.15) is 0 Å². The number of nitrogens with one attached hydrogen (secondary N) is 1. The lowest BCUT2D eigenvalue weighted by molar-refractivity contribution is -0.117. The number of carbonyl (C=O) groups is 1. The molecule has 0 saturated heterocycles.